The lowest BCUT2D eigenvalue weighted by Crippen LogP contribution is -2.41. The molecule has 672 valence electrons. The van der Waals surface area contributed by atoms with E-state index in [2.05, 4.69) is 64.1 Å². The number of aliphatic carboxylic acids is 4. The summed E-state index contributed by atoms with van der Waals surface area (Å²) in [4.78, 5) is 136. The molecule has 4 aromatic rings. The molecule has 122 heavy (non-hydrogen) atoms. The van der Waals surface area contributed by atoms with Crippen LogP contribution in [0.15, 0.2) is 48.5 Å². The molecule has 6 saturated heterocycles. The van der Waals surface area contributed by atoms with E-state index in [0.29, 0.717) is 92.6 Å². The molecular formula is C93H142N16O13. The lowest BCUT2D eigenvalue weighted by Gasteiger charge is -2.35. The zero-order chi connectivity index (χ0) is 86.4. The number of pyridine rings is 4. The second kappa shape index (κ2) is 47.5. The number of anilines is 8. The van der Waals surface area contributed by atoms with Crippen molar-refractivity contribution in [3.05, 3.63) is 70.8 Å². The highest BCUT2D eigenvalue weighted by Gasteiger charge is 2.35. The van der Waals surface area contributed by atoms with E-state index in [0.717, 1.165) is 221 Å². The van der Waals surface area contributed by atoms with E-state index in [-0.39, 0.29) is 85.1 Å². The summed E-state index contributed by atoms with van der Waals surface area (Å²) in [6, 6.07) is 16.5. The van der Waals surface area contributed by atoms with Gasteiger partial charge in [-0.3, -0.25) is 38.4 Å². The van der Waals surface area contributed by atoms with Gasteiger partial charge in [0, 0.05) is 163 Å². The number of piperidine rings is 4. The van der Waals surface area contributed by atoms with E-state index in [1.165, 1.54) is 77.0 Å². The second-order valence-corrected chi connectivity index (χ2v) is 36.1. The van der Waals surface area contributed by atoms with Gasteiger partial charge in [0.05, 0.1) is 35.5 Å². The van der Waals surface area contributed by atoms with E-state index in [9.17, 15) is 48.6 Å². The number of hydrogen-bond acceptors (Lipinski definition) is 21. The molecule has 4 aliphatic carbocycles. The molecule has 0 aromatic carbocycles. The van der Waals surface area contributed by atoms with Gasteiger partial charge in [0.15, 0.2) is 0 Å². The van der Waals surface area contributed by atoms with Gasteiger partial charge in [0.2, 0.25) is 0 Å². The Morgan fingerprint density at radius 3 is 1.09 bits per heavy atom. The summed E-state index contributed by atoms with van der Waals surface area (Å²) in [5.74, 6) is 3.85. The van der Waals surface area contributed by atoms with Crippen LogP contribution in [0.1, 0.15) is 286 Å². The fourth-order valence-corrected chi connectivity index (χ4v) is 19.9. The number of ether oxygens (including phenoxy) is 1. The van der Waals surface area contributed by atoms with Crippen LogP contribution >= 0.6 is 0 Å². The average molecular weight is 1690 g/mol. The van der Waals surface area contributed by atoms with Crippen LogP contribution in [0.5, 0.6) is 0 Å². The fraction of sp³-hybridized carbons (Fsp3) is 0.699. The Labute approximate surface area is 723 Å². The summed E-state index contributed by atoms with van der Waals surface area (Å²) in [6.07, 6.45) is 35.6. The minimum absolute atomic E-state index is 0.00903. The van der Waals surface area contributed by atoms with Crippen molar-refractivity contribution < 1.29 is 63.5 Å². The number of aromatic nitrogens is 4. The topological polar surface area (TPSA) is 344 Å². The van der Waals surface area contributed by atoms with Crippen LogP contribution in [0.4, 0.5) is 46.5 Å². The van der Waals surface area contributed by atoms with Gasteiger partial charge in [-0.1, -0.05) is 90.9 Å². The molecule has 6 aliphatic heterocycles. The molecule has 0 bridgehead atoms. The Morgan fingerprint density at radius 1 is 0.377 bits per heavy atom. The minimum Gasteiger partial charge on any atom is -0.481 e. The van der Waals surface area contributed by atoms with Gasteiger partial charge in [-0.05, 0) is 201 Å². The van der Waals surface area contributed by atoms with Crippen molar-refractivity contribution in [1.29, 1.82) is 0 Å². The maximum atomic E-state index is 13.4. The van der Waals surface area contributed by atoms with Crippen LogP contribution < -0.4 is 50.2 Å². The normalized spacial score (nSPS) is 21.4. The number of rotatable bonds is 28. The van der Waals surface area contributed by atoms with E-state index in [1.54, 1.807) is 0 Å². The quantitative estimate of drug-likeness (QED) is 0.0278. The molecule has 10 heterocycles. The van der Waals surface area contributed by atoms with E-state index < -0.39 is 23.9 Å². The van der Waals surface area contributed by atoms with Crippen molar-refractivity contribution in [2.45, 2.75) is 269 Å². The van der Waals surface area contributed by atoms with Crippen molar-refractivity contribution in [1.82, 2.24) is 40.4 Å². The molecule has 4 amide bonds. The largest absolute Gasteiger partial charge is 0.481 e. The number of carboxylic acid groups (broad SMARTS) is 4. The number of morpholine rings is 1. The number of carboxylic acids is 4. The molecule has 0 radical (unpaired) electrons. The number of nitrogens with zero attached hydrogens (tertiary/aromatic N) is 13. The summed E-state index contributed by atoms with van der Waals surface area (Å²) in [5, 5.41) is 46.4. The van der Waals surface area contributed by atoms with Gasteiger partial charge in [-0.15, -0.1) is 0 Å². The molecule has 4 saturated carbocycles. The summed E-state index contributed by atoms with van der Waals surface area (Å²) < 4.78 is 5.50. The third kappa shape index (κ3) is 27.4. The maximum Gasteiger partial charge on any atom is 0.303 e. The predicted octanol–water partition coefficient (Wildman–Crippen LogP) is 14.1. The first kappa shape index (κ1) is 93.4. The lowest BCUT2D eigenvalue weighted by atomic mass is 9.94. The van der Waals surface area contributed by atoms with Crippen molar-refractivity contribution in [2.24, 2.45) is 23.7 Å². The Morgan fingerprint density at radius 2 is 0.713 bits per heavy atom. The van der Waals surface area contributed by atoms with Crippen LogP contribution in [-0.2, 0) is 23.9 Å². The highest BCUT2D eigenvalue weighted by Crippen LogP contribution is 2.36. The SMILES string of the molecule is CCCN(C)c1nc(N2CCC[C@@H](CC(=O)O)C2)ccc1C(=O)N(C)C1CCCCC1.CCCNc1nc(N2CCC[C@@H](CC(=O)O)C2)ccc1C(=O)N(C)C1CCCCC1.O=C(O)C[C@@H]1CCCN(c2ccc(C(=O)NC3CCCCC3)c(N3CCCC3)n2)C1.O=C(O)C[C@@H]1CCCN(c2ccc(C(=O)NC3CCCCC3)c(N3CCOCC3)n2)C1. The van der Waals surface area contributed by atoms with E-state index in [4.69, 9.17) is 34.9 Å². The first-order chi connectivity index (χ1) is 59.1. The minimum atomic E-state index is -0.747. The van der Waals surface area contributed by atoms with Crippen molar-refractivity contribution in [2.75, 3.05) is 166 Å². The van der Waals surface area contributed by atoms with Gasteiger partial charge >= 0.3 is 23.9 Å². The molecule has 4 aromatic heterocycles. The zero-order valence-electron chi connectivity index (χ0n) is 73.8. The van der Waals surface area contributed by atoms with Gasteiger partial charge < -0.3 is 85.2 Å². The van der Waals surface area contributed by atoms with Gasteiger partial charge in [0.1, 0.15) is 46.5 Å². The molecule has 14 rings (SSSR count). The van der Waals surface area contributed by atoms with Crippen molar-refractivity contribution >= 4 is 94.0 Å². The summed E-state index contributed by atoms with van der Waals surface area (Å²) in [7, 11) is 5.84. The fourth-order valence-electron chi connectivity index (χ4n) is 19.9. The third-order valence-electron chi connectivity index (χ3n) is 26.6. The van der Waals surface area contributed by atoms with Crippen LogP contribution in [0.25, 0.3) is 0 Å². The number of amides is 4. The Bertz CT molecular complexity index is 4040. The monoisotopic (exact) mass is 1690 g/mol. The highest BCUT2D eigenvalue weighted by atomic mass is 16.5. The number of carbonyl (C=O) groups excluding carboxylic acids is 4. The molecule has 29 nitrogen and oxygen atoms in total. The lowest BCUT2D eigenvalue weighted by molar-refractivity contribution is -0.139. The van der Waals surface area contributed by atoms with Gasteiger partial charge in [-0.25, -0.2) is 19.9 Å². The maximum absolute atomic E-state index is 13.4. The highest BCUT2D eigenvalue weighted by molar-refractivity contribution is 6.02. The number of carbonyl (C=O) groups is 8. The zero-order valence-corrected chi connectivity index (χ0v) is 73.8. The van der Waals surface area contributed by atoms with E-state index in [1.807, 2.05) is 79.5 Å². The average Bonchev–Trinajstić information content (AvgIpc) is 1.01. The molecule has 0 unspecified atom stereocenters. The van der Waals surface area contributed by atoms with Crippen LogP contribution in [0.2, 0.25) is 0 Å². The van der Waals surface area contributed by atoms with Crippen molar-refractivity contribution in [3.8, 4) is 0 Å². The Kier molecular flexibility index (Phi) is 36.4. The molecule has 4 atom stereocenters. The smallest absolute Gasteiger partial charge is 0.303 e. The Balaban J connectivity index is 0.000000159. The summed E-state index contributed by atoms with van der Waals surface area (Å²) >= 11 is 0. The summed E-state index contributed by atoms with van der Waals surface area (Å²) in [6.45, 7) is 16.6. The van der Waals surface area contributed by atoms with Crippen LogP contribution in [0.3, 0.4) is 0 Å². The standard InChI is InChI=1S/C24H38N4O3.C23H34N4O4.C23H34N4O3.C23H36N4O3/c1-4-14-26(2)23-20(24(31)27(3)19-10-6-5-7-11-19)12-13-21(25-23)28-15-8-9-18(17-28)16-22(29)30;28-21(29)15-17-5-4-10-27(16-17)20-9-8-19(22(25-20)26-11-13-31-14-12-26)23(30)24-18-6-2-1-3-7-18;28-21(29)15-17-7-6-14-27(16-17)20-11-10-19(22(25-20)26-12-4-5-13-26)23(30)24-18-8-2-1-3-9-18;1-3-13-24-22-19(23(30)26(2)18-9-5-4-6-10-18)11-12-20(25-22)27-14-7-8-17(16-27)15-21(28)29/h12-13,18-19H,4-11,14-17H2,1-3H3,(H,29,30);8-9,17-18H,1-7,10-16H2,(H,24,30)(H,28,29);10-11,17-18H,1-9,12-16H2,(H,24,30)(H,28,29);11-12,17-18H,3-10,13-16H2,1-2H3,(H,24,25)(H,28,29)/t18-;3*17-/m0000/s1. The number of hydrogen-bond donors (Lipinski definition) is 7. The molecule has 7 N–H and O–H groups in total. The van der Waals surface area contributed by atoms with E-state index >= 15 is 0 Å². The molecule has 29 heteroatoms. The Hall–Kier alpha value is -9.28. The van der Waals surface area contributed by atoms with Crippen LogP contribution in [-0.4, -0.2) is 248 Å². The molecule has 10 aliphatic rings. The molecule has 0 spiro atoms. The first-order valence-corrected chi connectivity index (χ1v) is 46.7. The summed E-state index contributed by atoms with van der Waals surface area (Å²) in [5.41, 5.74) is 2.58. The molecular weight excluding hydrogens is 1550 g/mol. The molecule has 10 fully saturated rings. The number of nitrogens with one attached hydrogen (secondary N) is 3. The predicted molar refractivity (Wildman–Crippen MR) is 479 cm³/mol. The third-order valence-corrected chi connectivity index (χ3v) is 26.6. The van der Waals surface area contributed by atoms with Crippen molar-refractivity contribution in [3.63, 3.8) is 0 Å². The second-order valence-electron chi connectivity index (χ2n) is 36.1. The first-order valence-electron chi connectivity index (χ1n) is 46.7. The van der Waals surface area contributed by atoms with Gasteiger partial charge in [-0.2, -0.15) is 0 Å². The van der Waals surface area contributed by atoms with Crippen LogP contribution in [0, 0.1) is 23.7 Å². The van der Waals surface area contributed by atoms with Gasteiger partial charge in [0.25, 0.3) is 23.6 Å².